The van der Waals surface area contributed by atoms with Crippen molar-refractivity contribution in [3.63, 3.8) is 0 Å². The van der Waals surface area contributed by atoms with E-state index in [1.807, 2.05) is 0 Å². The first-order chi connectivity index (χ1) is 9.33. The van der Waals surface area contributed by atoms with Gasteiger partial charge in [0, 0.05) is 12.5 Å². The minimum absolute atomic E-state index is 0.313. The Balaban J connectivity index is 2.55. The topological polar surface area (TPSA) is 89.9 Å². The lowest BCUT2D eigenvalue weighted by molar-refractivity contribution is -0.160. The summed E-state index contributed by atoms with van der Waals surface area (Å²) in [5, 5.41) is 10.0. The molecule has 0 saturated carbocycles. The third kappa shape index (κ3) is 4.81. The summed E-state index contributed by atoms with van der Waals surface area (Å²) in [7, 11) is 0. The zero-order valence-corrected chi connectivity index (χ0v) is 11.3. The minimum atomic E-state index is -1.84. The maximum atomic E-state index is 12.0. The highest BCUT2D eigenvalue weighted by atomic mass is 16.6. The highest BCUT2D eigenvalue weighted by Crippen LogP contribution is 2.13. The lowest BCUT2D eigenvalue weighted by atomic mass is 9.96. The van der Waals surface area contributed by atoms with Crippen molar-refractivity contribution in [2.75, 3.05) is 13.2 Å². The number of hydrogen-bond donors (Lipinski definition) is 1. The first kappa shape index (κ1) is 15.8. The molecule has 0 saturated heterocycles. The van der Waals surface area contributed by atoms with Gasteiger partial charge in [0.15, 0.2) is 18.0 Å². The largest absolute Gasteiger partial charge is 0.460 e. The molecule has 0 bridgehead atoms. The maximum absolute atomic E-state index is 12.0. The van der Waals surface area contributed by atoms with Gasteiger partial charge in [0.2, 0.25) is 0 Å². The van der Waals surface area contributed by atoms with Crippen molar-refractivity contribution in [2.24, 2.45) is 0 Å². The lowest BCUT2D eigenvalue weighted by Crippen LogP contribution is -2.41. The number of hydrogen-bond acceptors (Lipinski definition) is 6. The van der Waals surface area contributed by atoms with Gasteiger partial charge < -0.3 is 14.6 Å². The second kappa shape index (κ2) is 6.81. The van der Waals surface area contributed by atoms with Crippen LogP contribution in [-0.4, -0.2) is 41.6 Å². The van der Waals surface area contributed by atoms with Crippen molar-refractivity contribution in [1.82, 2.24) is 0 Å². The third-order valence-corrected chi connectivity index (χ3v) is 2.43. The van der Waals surface area contributed by atoms with Gasteiger partial charge >= 0.3 is 11.9 Å². The Labute approximate surface area is 116 Å². The van der Waals surface area contributed by atoms with Crippen LogP contribution < -0.4 is 0 Å². The fraction of sp³-hybridized carbons (Fsp3) is 0.357. The van der Waals surface area contributed by atoms with Gasteiger partial charge in [-0.15, -0.1) is 0 Å². The molecule has 6 nitrogen and oxygen atoms in total. The summed E-state index contributed by atoms with van der Waals surface area (Å²) < 4.78 is 9.15. The van der Waals surface area contributed by atoms with Crippen molar-refractivity contribution in [3.8, 4) is 0 Å². The maximum Gasteiger partial charge on any atom is 0.344 e. The van der Waals surface area contributed by atoms with E-state index in [0.717, 1.165) is 6.92 Å². The lowest BCUT2D eigenvalue weighted by Gasteiger charge is -2.21. The zero-order valence-electron chi connectivity index (χ0n) is 11.3. The number of esters is 2. The summed E-state index contributed by atoms with van der Waals surface area (Å²) in [6, 6.07) is 8.17. The van der Waals surface area contributed by atoms with Crippen LogP contribution in [-0.2, 0) is 19.1 Å². The molecule has 6 heteroatoms. The van der Waals surface area contributed by atoms with Crippen molar-refractivity contribution in [3.05, 3.63) is 35.9 Å². The van der Waals surface area contributed by atoms with Gasteiger partial charge in [-0.2, -0.15) is 0 Å². The van der Waals surface area contributed by atoms with Crippen LogP contribution in [0.1, 0.15) is 24.2 Å². The summed E-state index contributed by atoms with van der Waals surface area (Å²) >= 11 is 0. The van der Waals surface area contributed by atoms with Crippen LogP contribution in [0, 0.1) is 0 Å². The van der Waals surface area contributed by atoms with Crippen LogP contribution in [0.3, 0.4) is 0 Å². The quantitative estimate of drug-likeness (QED) is 0.610. The van der Waals surface area contributed by atoms with Gasteiger partial charge in [-0.3, -0.25) is 9.59 Å². The van der Waals surface area contributed by atoms with Crippen molar-refractivity contribution in [2.45, 2.75) is 19.4 Å². The fourth-order valence-corrected chi connectivity index (χ4v) is 1.39. The Morgan fingerprint density at radius 1 is 1.15 bits per heavy atom. The number of rotatable bonds is 6. The summed E-state index contributed by atoms with van der Waals surface area (Å²) in [6.45, 7) is 1.34. The normalized spacial score (nSPS) is 13.2. The minimum Gasteiger partial charge on any atom is -0.460 e. The average Bonchev–Trinajstić information content (AvgIpc) is 2.43. The Morgan fingerprint density at radius 2 is 1.75 bits per heavy atom. The molecular formula is C14H16O6. The predicted octanol–water partition coefficient (Wildman–Crippen LogP) is 0.727. The third-order valence-electron chi connectivity index (χ3n) is 2.43. The molecule has 1 N–H and O–H groups in total. The molecule has 1 rings (SSSR count). The molecule has 0 aromatic heterocycles. The second-order valence-corrected chi connectivity index (χ2v) is 4.41. The number of ketones is 1. The number of aliphatic hydroxyl groups is 1. The van der Waals surface area contributed by atoms with Crippen LogP contribution >= 0.6 is 0 Å². The summed E-state index contributed by atoms with van der Waals surface area (Å²) in [5.41, 5.74) is -1.53. The molecule has 0 spiro atoms. The number of Topliss-reactive ketones (excluding diaryl/α,β-unsaturated/α-hetero) is 1. The van der Waals surface area contributed by atoms with Gasteiger partial charge in [-0.1, -0.05) is 30.3 Å². The number of carbonyl (C=O) groups excluding carboxylic acids is 3. The molecule has 0 radical (unpaired) electrons. The Hall–Kier alpha value is -2.21. The van der Waals surface area contributed by atoms with Crippen LogP contribution in [0.5, 0.6) is 0 Å². The monoisotopic (exact) mass is 280 g/mol. The van der Waals surface area contributed by atoms with E-state index in [-0.39, 0.29) is 0 Å². The van der Waals surface area contributed by atoms with E-state index in [4.69, 9.17) is 4.74 Å². The Morgan fingerprint density at radius 3 is 2.30 bits per heavy atom. The highest BCUT2D eigenvalue weighted by molar-refractivity contribution is 6.02. The van der Waals surface area contributed by atoms with E-state index in [2.05, 4.69) is 4.74 Å². The number of carbonyl (C=O) groups is 3. The summed E-state index contributed by atoms with van der Waals surface area (Å²) in [5.74, 6) is -2.01. The molecule has 20 heavy (non-hydrogen) atoms. The van der Waals surface area contributed by atoms with Crippen molar-refractivity contribution in [1.29, 1.82) is 0 Å². The number of ether oxygens (including phenoxy) is 2. The first-order valence-corrected chi connectivity index (χ1v) is 5.94. The Kier molecular flexibility index (Phi) is 5.40. The number of benzene rings is 1. The van der Waals surface area contributed by atoms with Gasteiger partial charge in [0.1, 0.15) is 6.61 Å². The molecule has 0 heterocycles. The zero-order chi connectivity index (χ0) is 15.2. The molecule has 0 amide bonds. The average molecular weight is 280 g/mol. The molecule has 0 aliphatic heterocycles. The van der Waals surface area contributed by atoms with Crippen LogP contribution in [0.15, 0.2) is 30.3 Å². The van der Waals surface area contributed by atoms with E-state index in [1.165, 1.54) is 6.92 Å². The standard InChI is InChI=1S/C14H16O6/c1-10(15)19-8-12(16)20-9-14(2,18)13(17)11-6-4-3-5-7-11/h3-7,18H,8-9H2,1-2H3. The summed E-state index contributed by atoms with van der Waals surface area (Å²) in [6.07, 6.45) is 0. The summed E-state index contributed by atoms with van der Waals surface area (Å²) in [4.78, 5) is 33.8. The molecule has 1 aromatic carbocycles. The molecular weight excluding hydrogens is 264 g/mol. The molecule has 0 aliphatic rings. The molecule has 1 atom stereocenters. The molecule has 0 aliphatic carbocycles. The second-order valence-electron chi connectivity index (χ2n) is 4.41. The van der Waals surface area contributed by atoms with Crippen molar-refractivity contribution >= 4 is 17.7 Å². The van der Waals surface area contributed by atoms with E-state index in [1.54, 1.807) is 30.3 Å². The molecule has 108 valence electrons. The predicted molar refractivity (Wildman–Crippen MR) is 69.0 cm³/mol. The highest BCUT2D eigenvalue weighted by Gasteiger charge is 2.32. The smallest absolute Gasteiger partial charge is 0.344 e. The first-order valence-electron chi connectivity index (χ1n) is 5.94. The van der Waals surface area contributed by atoms with E-state index in [0.29, 0.717) is 5.56 Å². The molecule has 1 unspecified atom stereocenters. The van der Waals surface area contributed by atoms with Crippen LogP contribution in [0.4, 0.5) is 0 Å². The van der Waals surface area contributed by atoms with Gasteiger partial charge in [-0.25, -0.2) is 4.79 Å². The van der Waals surface area contributed by atoms with Crippen LogP contribution in [0.2, 0.25) is 0 Å². The van der Waals surface area contributed by atoms with E-state index in [9.17, 15) is 19.5 Å². The van der Waals surface area contributed by atoms with Gasteiger partial charge in [0.25, 0.3) is 0 Å². The van der Waals surface area contributed by atoms with Gasteiger partial charge in [0.05, 0.1) is 0 Å². The van der Waals surface area contributed by atoms with Gasteiger partial charge in [-0.05, 0) is 6.92 Å². The van der Waals surface area contributed by atoms with E-state index < -0.39 is 36.5 Å². The SMILES string of the molecule is CC(=O)OCC(=O)OCC(C)(O)C(=O)c1ccccc1. The van der Waals surface area contributed by atoms with Crippen molar-refractivity contribution < 1.29 is 29.0 Å². The Bertz CT molecular complexity index is 492. The fourth-order valence-electron chi connectivity index (χ4n) is 1.39. The molecule has 1 aromatic rings. The van der Waals surface area contributed by atoms with Crippen LogP contribution in [0.25, 0.3) is 0 Å². The molecule has 0 fully saturated rings. The van der Waals surface area contributed by atoms with E-state index >= 15 is 0 Å².